The molecule has 0 aromatic heterocycles. The highest BCUT2D eigenvalue weighted by molar-refractivity contribution is 5.85. The highest BCUT2D eigenvalue weighted by Crippen LogP contribution is 2.15. The van der Waals surface area contributed by atoms with Gasteiger partial charge in [-0.15, -0.1) is 0 Å². The molecule has 0 fully saturated rings. The third-order valence-electron chi connectivity index (χ3n) is 3.64. The van der Waals surface area contributed by atoms with Crippen molar-refractivity contribution in [3.8, 4) is 11.8 Å². The van der Waals surface area contributed by atoms with Crippen LogP contribution in [0.5, 0.6) is 5.75 Å². The first-order chi connectivity index (χ1) is 11.7. The van der Waals surface area contributed by atoms with E-state index in [1.165, 1.54) is 0 Å². The Morgan fingerprint density at radius 2 is 1.48 bits per heavy atom. The van der Waals surface area contributed by atoms with Crippen molar-refractivity contribution in [2.45, 2.75) is 65.8 Å². The highest BCUT2D eigenvalue weighted by Gasteiger charge is 2.29. The van der Waals surface area contributed by atoms with Crippen LogP contribution in [0.15, 0.2) is 24.3 Å². The molecule has 0 heterocycles. The molecule has 0 bridgehead atoms. The third kappa shape index (κ3) is 5.79. The van der Waals surface area contributed by atoms with Gasteiger partial charge in [0.25, 0.3) is 5.91 Å². The number of rotatable bonds is 7. The van der Waals surface area contributed by atoms with Crippen LogP contribution in [0, 0.1) is 11.3 Å². The van der Waals surface area contributed by atoms with E-state index in [-0.39, 0.29) is 18.0 Å². The van der Waals surface area contributed by atoms with Gasteiger partial charge in [0.2, 0.25) is 0 Å². The molecule has 0 saturated carbocycles. The molecule has 136 valence electrons. The molecule has 0 N–H and O–H groups in total. The predicted molar refractivity (Wildman–Crippen MR) is 93.9 cm³/mol. The van der Waals surface area contributed by atoms with Crippen LogP contribution in [0.25, 0.3) is 0 Å². The van der Waals surface area contributed by atoms with Gasteiger partial charge in [0.15, 0.2) is 12.2 Å². The lowest BCUT2D eigenvalue weighted by atomic mass is 10.2. The van der Waals surface area contributed by atoms with Gasteiger partial charge in [0, 0.05) is 12.1 Å². The number of hydrogen-bond donors (Lipinski definition) is 0. The summed E-state index contributed by atoms with van der Waals surface area (Å²) in [7, 11) is 0. The lowest BCUT2D eigenvalue weighted by Crippen LogP contribution is -2.48. The first-order valence-corrected chi connectivity index (χ1v) is 8.36. The number of amides is 1. The van der Waals surface area contributed by atoms with Crippen LogP contribution in [0.2, 0.25) is 0 Å². The maximum Gasteiger partial charge on any atom is 0.347 e. The minimum absolute atomic E-state index is 0.0148. The lowest BCUT2D eigenvalue weighted by Gasteiger charge is -2.33. The molecule has 0 aliphatic rings. The molecule has 0 aliphatic heterocycles. The summed E-state index contributed by atoms with van der Waals surface area (Å²) in [6.07, 6.45) is -1.75. The molecular weight excluding hydrogens is 320 g/mol. The first kappa shape index (κ1) is 20.5. The highest BCUT2D eigenvalue weighted by atomic mass is 16.6. The van der Waals surface area contributed by atoms with E-state index < -0.39 is 18.2 Å². The van der Waals surface area contributed by atoms with Gasteiger partial charge in [-0.25, -0.2) is 4.79 Å². The Morgan fingerprint density at radius 1 is 0.960 bits per heavy atom. The number of esters is 1. The fraction of sp³-hybridized carbons (Fsp3) is 0.526. The van der Waals surface area contributed by atoms with E-state index in [9.17, 15) is 9.59 Å². The van der Waals surface area contributed by atoms with Crippen LogP contribution in [-0.4, -0.2) is 41.1 Å². The number of ether oxygens (including phenoxy) is 2. The van der Waals surface area contributed by atoms with Crippen LogP contribution < -0.4 is 4.74 Å². The largest absolute Gasteiger partial charge is 0.479 e. The molecule has 6 nitrogen and oxygen atoms in total. The minimum atomic E-state index is -0.885. The number of carbonyl (C=O) groups is 2. The molecule has 1 rings (SSSR count). The summed E-state index contributed by atoms with van der Waals surface area (Å²) >= 11 is 0. The molecule has 25 heavy (non-hydrogen) atoms. The van der Waals surface area contributed by atoms with Crippen molar-refractivity contribution >= 4 is 11.9 Å². The van der Waals surface area contributed by atoms with E-state index in [1.54, 1.807) is 43.0 Å². The predicted octanol–water partition coefficient (Wildman–Crippen LogP) is 2.90. The Labute approximate surface area is 149 Å². The summed E-state index contributed by atoms with van der Waals surface area (Å²) in [6.45, 7) is 10.8. The number of nitriles is 1. The summed E-state index contributed by atoms with van der Waals surface area (Å²) < 4.78 is 10.8. The molecule has 6 heteroatoms. The normalized spacial score (nSPS) is 13.1. The monoisotopic (exact) mass is 346 g/mol. The molecule has 1 aromatic rings. The van der Waals surface area contributed by atoms with Gasteiger partial charge in [0.05, 0.1) is 11.6 Å². The standard InChI is InChI=1S/C19H26N2O4/c1-12(2)21(13(3)4)18(22)14(5)25-19(23)15(6)24-17-9-7-16(11-20)8-10-17/h7-10,12-15H,1-6H3/t14-,15+/m0/s1. The Kier molecular flexibility index (Phi) is 7.43. The van der Waals surface area contributed by atoms with Crippen LogP contribution in [-0.2, 0) is 14.3 Å². The second kappa shape index (κ2) is 9.07. The minimum Gasteiger partial charge on any atom is -0.479 e. The van der Waals surface area contributed by atoms with Crippen LogP contribution in [0.3, 0.4) is 0 Å². The average Bonchev–Trinajstić information content (AvgIpc) is 2.54. The first-order valence-electron chi connectivity index (χ1n) is 8.36. The van der Waals surface area contributed by atoms with E-state index in [1.807, 2.05) is 33.8 Å². The van der Waals surface area contributed by atoms with Crippen molar-refractivity contribution in [3.63, 3.8) is 0 Å². The molecule has 0 radical (unpaired) electrons. The Balaban J connectivity index is 2.66. The van der Waals surface area contributed by atoms with Crippen molar-refractivity contribution in [1.29, 1.82) is 5.26 Å². The van der Waals surface area contributed by atoms with Gasteiger partial charge in [0.1, 0.15) is 5.75 Å². The van der Waals surface area contributed by atoms with Gasteiger partial charge in [-0.1, -0.05) is 0 Å². The van der Waals surface area contributed by atoms with Gasteiger partial charge < -0.3 is 14.4 Å². The Bertz CT molecular complexity index is 624. The second-order valence-corrected chi connectivity index (χ2v) is 6.41. The number of benzene rings is 1. The summed E-state index contributed by atoms with van der Waals surface area (Å²) in [4.78, 5) is 26.4. The summed E-state index contributed by atoms with van der Waals surface area (Å²) in [5.74, 6) is -0.394. The topological polar surface area (TPSA) is 79.6 Å². The van der Waals surface area contributed by atoms with E-state index in [0.29, 0.717) is 11.3 Å². The van der Waals surface area contributed by atoms with Gasteiger partial charge in [-0.3, -0.25) is 4.79 Å². The Hall–Kier alpha value is -2.55. The third-order valence-corrected chi connectivity index (χ3v) is 3.64. The van der Waals surface area contributed by atoms with Crippen LogP contribution >= 0.6 is 0 Å². The smallest absolute Gasteiger partial charge is 0.347 e. The molecule has 0 aliphatic carbocycles. The summed E-state index contributed by atoms with van der Waals surface area (Å²) in [5.41, 5.74) is 0.504. The zero-order valence-corrected chi connectivity index (χ0v) is 15.6. The van der Waals surface area contributed by atoms with E-state index in [2.05, 4.69) is 0 Å². The average molecular weight is 346 g/mol. The van der Waals surface area contributed by atoms with Gasteiger partial charge >= 0.3 is 5.97 Å². The number of hydrogen-bond acceptors (Lipinski definition) is 5. The van der Waals surface area contributed by atoms with Crippen molar-refractivity contribution in [2.24, 2.45) is 0 Å². The van der Waals surface area contributed by atoms with Gasteiger partial charge in [-0.2, -0.15) is 5.26 Å². The summed E-state index contributed by atoms with van der Waals surface area (Å²) in [5, 5.41) is 8.77. The zero-order valence-electron chi connectivity index (χ0n) is 15.6. The van der Waals surface area contributed by atoms with Gasteiger partial charge in [-0.05, 0) is 65.8 Å². The van der Waals surface area contributed by atoms with E-state index in [4.69, 9.17) is 14.7 Å². The SMILES string of the molecule is CC(C)N(C(=O)[C@H](C)OC(=O)[C@@H](C)Oc1ccc(C#N)cc1)C(C)C. The lowest BCUT2D eigenvalue weighted by molar-refractivity contribution is -0.165. The molecule has 0 spiro atoms. The molecule has 1 amide bonds. The van der Waals surface area contributed by atoms with Crippen LogP contribution in [0.4, 0.5) is 0 Å². The fourth-order valence-corrected chi connectivity index (χ4v) is 2.50. The van der Waals surface area contributed by atoms with Crippen molar-refractivity contribution in [1.82, 2.24) is 4.90 Å². The van der Waals surface area contributed by atoms with Crippen molar-refractivity contribution in [3.05, 3.63) is 29.8 Å². The Morgan fingerprint density at radius 3 is 1.92 bits per heavy atom. The van der Waals surface area contributed by atoms with Crippen molar-refractivity contribution < 1.29 is 19.1 Å². The molecule has 2 atom stereocenters. The number of nitrogens with zero attached hydrogens (tertiary/aromatic N) is 2. The van der Waals surface area contributed by atoms with Crippen molar-refractivity contribution in [2.75, 3.05) is 0 Å². The summed E-state index contributed by atoms with van der Waals surface area (Å²) in [6, 6.07) is 8.45. The molecule has 1 aromatic carbocycles. The molecule has 0 saturated heterocycles. The number of carbonyl (C=O) groups excluding carboxylic acids is 2. The van der Waals surface area contributed by atoms with E-state index >= 15 is 0 Å². The zero-order chi connectivity index (χ0) is 19.1. The molecule has 0 unspecified atom stereocenters. The van der Waals surface area contributed by atoms with E-state index in [0.717, 1.165) is 0 Å². The maximum atomic E-state index is 12.5. The quantitative estimate of drug-likeness (QED) is 0.709. The second-order valence-electron chi connectivity index (χ2n) is 6.41. The fourth-order valence-electron chi connectivity index (χ4n) is 2.50. The maximum absolute atomic E-state index is 12.5. The molecular formula is C19H26N2O4. The van der Waals surface area contributed by atoms with Crippen LogP contribution in [0.1, 0.15) is 47.1 Å².